The van der Waals surface area contributed by atoms with E-state index >= 15 is 0 Å². The van der Waals surface area contributed by atoms with Crippen LogP contribution >= 0.6 is 0 Å². The summed E-state index contributed by atoms with van der Waals surface area (Å²) in [7, 11) is 0. The van der Waals surface area contributed by atoms with Gasteiger partial charge >= 0.3 is 5.97 Å². The minimum atomic E-state index is -0.727. The maximum Gasteiger partial charge on any atom is 0.307 e. The van der Waals surface area contributed by atoms with Gasteiger partial charge in [-0.3, -0.25) is 4.79 Å². The van der Waals surface area contributed by atoms with E-state index in [4.69, 9.17) is 5.11 Å². The van der Waals surface area contributed by atoms with E-state index in [1.54, 1.807) is 0 Å². The number of hydrogen-bond acceptors (Lipinski definition) is 1. The zero-order chi connectivity index (χ0) is 8.81. The van der Waals surface area contributed by atoms with Crippen molar-refractivity contribution in [2.45, 2.75) is 32.1 Å². The Morgan fingerprint density at radius 1 is 1.50 bits per heavy atom. The second kappa shape index (κ2) is 4.75. The molecule has 12 heavy (non-hydrogen) atoms. The third-order valence-electron chi connectivity index (χ3n) is 1.96. The van der Waals surface area contributed by atoms with E-state index in [1.807, 2.05) is 12.2 Å². The highest BCUT2D eigenvalue weighted by atomic mass is 16.4. The van der Waals surface area contributed by atoms with Gasteiger partial charge in [-0.25, -0.2) is 0 Å². The lowest BCUT2D eigenvalue weighted by molar-refractivity contribution is -0.136. The lowest BCUT2D eigenvalue weighted by atomic mass is 10.0. The average molecular weight is 166 g/mol. The second-order valence-corrected chi connectivity index (χ2v) is 3.07. The highest BCUT2D eigenvalue weighted by molar-refractivity contribution is 5.70. The Morgan fingerprint density at radius 3 is 3.08 bits per heavy atom. The minimum absolute atomic E-state index is 0.199. The second-order valence-electron chi connectivity index (χ2n) is 3.07. The van der Waals surface area contributed by atoms with E-state index < -0.39 is 5.97 Å². The molecule has 2 heteroatoms. The molecule has 66 valence electrons. The summed E-state index contributed by atoms with van der Waals surface area (Å²) in [4.78, 5) is 10.4. The van der Waals surface area contributed by atoms with Gasteiger partial charge in [0.1, 0.15) is 0 Å². The SMILES string of the molecule is O=C(O)C/C1=C/C=C\CCCC1. The quantitative estimate of drug-likeness (QED) is 0.684. The minimum Gasteiger partial charge on any atom is -0.481 e. The van der Waals surface area contributed by atoms with Crippen molar-refractivity contribution in [3.05, 3.63) is 23.8 Å². The lowest BCUT2D eigenvalue weighted by Gasteiger charge is -2.05. The first-order valence-electron chi connectivity index (χ1n) is 4.35. The van der Waals surface area contributed by atoms with Crippen molar-refractivity contribution >= 4 is 5.97 Å². The van der Waals surface area contributed by atoms with Crippen molar-refractivity contribution < 1.29 is 9.90 Å². The third-order valence-corrected chi connectivity index (χ3v) is 1.96. The van der Waals surface area contributed by atoms with Gasteiger partial charge in [-0.2, -0.15) is 0 Å². The van der Waals surface area contributed by atoms with Gasteiger partial charge < -0.3 is 5.11 Å². The van der Waals surface area contributed by atoms with Crippen LogP contribution in [0, 0.1) is 0 Å². The van der Waals surface area contributed by atoms with Crippen molar-refractivity contribution in [3.8, 4) is 0 Å². The molecule has 0 saturated carbocycles. The van der Waals surface area contributed by atoms with Gasteiger partial charge in [0.05, 0.1) is 6.42 Å². The topological polar surface area (TPSA) is 37.3 Å². The number of carboxylic acids is 1. The molecule has 0 spiro atoms. The Morgan fingerprint density at radius 2 is 2.33 bits per heavy atom. The molecule has 0 aromatic carbocycles. The van der Waals surface area contributed by atoms with Gasteiger partial charge in [0.2, 0.25) is 0 Å². The first-order valence-corrected chi connectivity index (χ1v) is 4.35. The van der Waals surface area contributed by atoms with Gasteiger partial charge in [-0.15, -0.1) is 0 Å². The van der Waals surface area contributed by atoms with E-state index in [9.17, 15) is 4.79 Å². The number of rotatable bonds is 2. The van der Waals surface area contributed by atoms with Gasteiger partial charge in [0.25, 0.3) is 0 Å². The van der Waals surface area contributed by atoms with E-state index in [0.717, 1.165) is 24.8 Å². The fraction of sp³-hybridized carbons (Fsp3) is 0.500. The van der Waals surface area contributed by atoms with E-state index in [1.165, 1.54) is 6.42 Å². The van der Waals surface area contributed by atoms with Crippen molar-refractivity contribution in [1.82, 2.24) is 0 Å². The lowest BCUT2D eigenvalue weighted by Crippen LogP contribution is -1.98. The van der Waals surface area contributed by atoms with Gasteiger partial charge in [-0.1, -0.05) is 23.8 Å². The summed E-state index contributed by atoms with van der Waals surface area (Å²) in [6, 6.07) is 0. The summed E-state index contributed by atoms with van der Waals surface area (Å²) in [5, 5.41) is 8.56. The molecule has 1 N–H and O–H groups in total. The number of allylic oxidation sites excluding steroid dienone is 3. The maximum absolute atomic E-state index is 10.4. The molecule has 0 aromatic rings. The van der Waals surface area contributed by atoms with Crippen LogP contribution in [0.2, 0.25) is 0 Å². The number of carbonyl (C=O) groups is 1. The maximum atomic E-state index is 10.4. The molecule has 1 aliphatic carbocycles. The van der Waals surface area contributed by atoms with E-state index in [2.05, 4.69) is 6.08 Å². The van der Waals surface area contributed by atoms with Crippen LogP contribution < -0.4 is 0 Å². The number of aliphatic carboxylic acids is 1. The number of hydrogen-bond donors (Lipinski definition) is 1. The average Bonchev–Trinajstić information content (AvgIpc) is 1.93. The summed E-state index contributed by atoms with van der Waals surface area (Å²) < 4.78 is 0. The molecule has 0 saturated heterocycles. The van der Waals surface area contributed by atoms with Crippen LogP contribution in [0.4, 0.5) is 0 Å². The Balaban J connectivity index is 2.52. The van der Waals surface area contributed by atoms with Crippen LogP contribution in [-0.2, 0) is 4.79 Å². The summed E-state index contributed by atoms with van der Waals surface area (Å²) in [5.41, 5.74) is 1.04. The Labute approximate surface area is 72.6 Å². The largest absolute Gasteiger partial charge is 0.481 e. The first-order chi connectivity index (χ1) is 5.79. The van der Waals surface area contributed by atoms with Crippen LogP contribution in [0.3, 0.4) is 0 Å². The van der Waals surface area contributed by atoms with Crippen molar-refractivity contribution in [1.29, 1.82) is 0 Å². The predicted octanol–water partition coefficient (Wildman–Crippen LogP) is 2.52. The zero-order valence-corrected chi connectivity index (χ0v) is 7.12. The zero-order valence-electron chi connectivity index (χ0n) is 7.12. The normalized spacial score (nSPS) is 24.8. The molecule has 0 atom stereocenters. The fourth-order valence-electron chi connectivity index (χ4n) is 1.34. The molecule has 0 aliphatic heterocycles. The molecule has 2 nitrogen and oxygen atoms in total. The standard InChI is InChI=1S/C10H14O2/c11-10(12)8-9-6-4-2-1-3-5-7-9/h2,4,6H,1,3,5,7-8H2,(H,11,12)/b4-2-,9-6+. The molecule has 0 unspecified atom stereocenters. The predicted molar refractivity (Wildman–Crippen MR) is 47.9 cm³/mol. The molecule has 0 amide bonds. The smallest absolute Gasteiger partial charge is 0.307 e. The third kappa shape index (κ3) is 3.37. The van der Waals surface area contributed by atoms with Gasteiger partial charge in [0, 0.05) is 0 Å². The summed E-state index contributed by atoms with van der Waals surface area (Å²) in [6.45, 7) is 0. The Hall–Kier alpha value is -1.05. The van der Waals surface area contributed by atoms with E-state index in [0.29, 0.717) is 0 Å². The highest BCUT2D eigenvalue weighted by Crippen LogP contribution is 2.15. The molecule has 0 aromatic heterocycles. The van der Waals surface area contributed by atoms with Crippen LogP contribution in [-0.4, -0.2) is 11.1 Å². The number of carboxylic acid groups (broad SMARTS) is 1. The van der Waals surface area contributed by atoms with Gasteiger partial charge in [-0.05, 0) is 25.7 Å². The highest BCUT2D eigenvalue weighted by Gasteiger charge is 2.03. The van der Waals surface area contributed by atoms with Crippen LogP contribution in [0.5, 0.6) is 0 Å². The molecule has 0 heterocycles. The first kappa shape index (κ1) is 9.04. The summed E-state index contributed by atoms with van der Waals surface area (Å²) >= 11 is 0. The van der Waals surface area contributed by atoms with Crippen LogP contribution in [0.1, 0.15) is 32.1 Å². The summed E-state index contributed by atoms with van der Waals surface area (Å²) in [5.74, 6) is -0.727. The van der Waals surface area contributed by atoms with Crippen LogP contribution in [0.15, 0.2) is 23.8 Å². The molecule has 1 rings (SSSR count). The van der Waals surface area contributed by atoms with Gasteiger partial charge in [0.15, 0.2) is 0 Å². The Bertz CT molecular complexity index is 214. The molecular formula is C10H14O2. The van der Waals surface area contributed by atoms with Crippen molar-refractivity contribution in [3.63, 3.8) is 0 Å². The van der Waals surface area contributed by atoms with E-state index in [-0.39, 0.29) is 6.42 Å². The van der Waals surface area contributed by atoms with Crippen LogP contribution in [0.25, 0.3) is 0 Å². The van der Waals surface area contributed by atoms with Crippen molar-refractivity contribution in [2.24, 2.45) is 0 Å². The molecule has 0 radical (unpaired) electrons. The molecule has 0 bridgehead atoms. The van der Waals surface area contributed by atoms with Crippen molar-refractivity contribution in [2.75, 3.05) is 0 Å². The monoisotopic (exact) mass is 166 g/mol. The fourth-order valence-corrected chi connectivity index (χ4v) is 1.34. The Kier molecular flexibility index (Phi) is 3.58. The molecular weight excluding hydrogens is 152 g/mol. The summed E-state index contributed by atoms with van der Waals surface area (Å²) in [6.07, 6.45) is 10.6. The molecule has 0 fully saturated rings. The molecule has 1 aliphatic rings.